The van der Waals surface area contributed by atoms with Gasteiger partial charge in [0.05, 0.1) is 30.8 Å². The number of H-pyrrole nitrogens is 1. The summed E-state index contributed by atoms with van der Waals surface area (Å²) in [7, 11) is 0. The van der Waals surface area contributed by atoms with Crippen LogP contribution in [0.1, 0.15) is 30.3 Å². The zero-order valence-electron chi connectivity index (χ0n) is 9.39. The Morgan fingerprint density at radius 2 is 2.47 bits per heavy atom. The van der Waals surface area contributed by atoms with Crippen LogP contribution in [0, 0.1) is 5.41 Å². The number of aliphatic imine (C=N–C) groups is 1. The number of aromatic nitrogens is 1. The van der Waals surface area contributed by atoms with Crippen molar-refractivity contribution >= 4 is 12.2 Å². The number of nitrogens with zero attached hydrogens (tertiary/aromatic N) is 1. The van der Waals surface area contributed by atoms with Gasteiger partial charge in [-0.05, 0) is 25.0 Å². The van der Waals surface area contributed by atoms with E-state index in [1.807, 2.05) is 6.07 Å². The predicted molar refractivity (Wildman–Crippen MR) is 64.2 cm³/mol. The topological polar surface area (TPSA) is 107 Å². The number of aromatic amines is 1. The van der Waals surface area contributed by atoms with E-state index >= 15 is 0 Å². The van der Waals surface area contributed by atoms with Gasteiger partial charge >= 0.3 is 0 Å². The molecular weight excluding hydrogens is 220 g/mol. The van der Waals surface area contributed by atoms with Crippen molar-refractivity contribution in [2.75, 3.05) is 6.61 Å². The summed E-state index contributed by atoms with van der Waals surface area (Å²) in [6.45, 7) is 0.0529. The monoisotopic (exact) mass is 236 g/mol. The minimum absolute atomic E-state index is 0.0319. The van der Waals surface area contributed by atoms with E-state index in [0.29, 0.717) is 5.69 Å². The number of rotatable bonds is 3. The molecule has 5 N–H and O–H groups in total. The van der Waals surface area contributed by atoms with E-state index in [1.54, 1.807) is 6.07 Å². The van der Waals surface area contributed by atoms with Crippen LogP contribution < -0.4 is 5.73 Å². The zero-order chi connectivity index (χ0) is 12.3. The van der Waals surface area contributed by atoms with Gasteiger partial charge in [0.2, 0.25) is 0 Å². The number of hydrogen-bond donors (Lipinski definition) is 4. The lowest BCUT2D eigenvalue weighted by Gasteiger charge is -2.10. The van der Waals surface area contributed by atoms with Crippen LogP contribution in [0.3, 0.4) is 0 Å². The van der Waals surface area contributed by atoms with E-state index in [-0.39, 0.29) is 24.7 Å². The van der Waals surface area contributed by atoms with Crippen molar-refractivity contribution in [3.05, 3.63) is 23.5 Å². The summed E-state index contributed by atoms with van der Waals surface area (Å²) in [6.07, 6.45) is 2.72. The molecule has 1 fully saturated rings. The molecule has 0 bridgehead atoms. The lowest BCUT2D eigenvalue weighted by atomic mass is 10.1. The van der Waals surface area contributed by atoms with Gasteiger partial charge in [-0.15, -0.1) is 0 Å². The number of nitrogens with two attached hydrogens (primary N) is 1. The normalized spacial score (nSPS) is 24.5. The summed E-state index contributed by atoms with van der Waals surface area (Å²) >= 11 is 0. The molecular formula is C11H16N4O2. The Hall–Kier alpha value is -1.66. The first kappa shape index (κ1) is 11.8. The first-order chi connectivity index (χ1) is 8.24. The fourth-order valence-corrected chi connectivity index (χ4v) is 1.95. The number of aliphatic hydroxyl groups is 1. The maximum absolute atomic E-state index is 8.99. The van der Waals surface area contributed by atoms with Gasteiger partial charge < -0.3 is 20.6 Å². The van der Waals surface area contributed by atoms with Crippen molar-refractivity contribution in [3.8, 4) is 0 Å². The number of amidine groups is 1. The summed E-state index contributed by atoms with van der Waals surface area (Å²) in [5.74, 6) is 0.0930. The molecule has 1 unspecified atom stereocenters. The molecule has 17 heavy (non-hydrogen) atoms. The van der Waals surface area contributed by atoms with Crippen molar-refractivity contribution in [2.24, 2.45) is 10.7 Å². The highest BCUT2D eigenvalue weighted by atomic mass is 16.5. The number of nitrogens with one attached hydrogen (secondary N) is 2. The van der Waals surface area contributed by atoms with Gasteiger partial charge in [0, 0.05) is 5.69 Å². The van der Waals surface area contributed by atoms with Crippen molar-refractivity contribution in [2.45, 2.75) is 25.0 Å². The van der Waals surface area contributed by atoms with Crippen LogP contribution in [-0.2, 0) is 4.74 Å². The highest BCUT2D eigenvalue weighted by Crippen LogP contribution is 2.31. The molecule has 0 spiro atoms. The molecule has 1 saturated heterocycles. The second-order valence-electron chi connectivity index (χ2n) is 3.96. The third-order valence-corrected chi connectivity index (χ3v) is 2.83. The van der Waals surface area contributed by atoms with Gasteiger partial charge in [-0.1, -0.05) is 0 Å². The minimum atomic E-state index is -0.0757. The lowest BCUT2D eigenvalue weighted by molar-refractivity contribution is 0.00943. The van der Waals surface area contributed by atoms with Crippen molar-refractivity contribution < 1.29 is 9.84 Å². The van der Waals surface area contributed by atoms with Gasteiger partial charge in [-0.25, -0.2) is 4.99 Å². The predicted octanol–water partition coefficient (Wildman–Crippen LogP) is 0.539. The first-order valence-electron chi connectivity index (χ1n) is 5.53. The molecule has 2 atom stereocenters. The SMILES string of the molecule is N=C(N=CN)c1ccc(C2CC[C@@H](CO)O2)[nH]1. The lowest BCUT2D eigenvalue weighted by Crippen LogP contribution is -2.11. The van der Waals surface area contributed by atoms with Crippen LogP contribution in [0.5, 0.6) is 0 Å². The summed E-state index contributed by atoms with van der Waals surface area (Å²) in [6, 6.07) is 3.65. The van der Waals surface area contributed by atoms with Crippen molar-refractivity contribution in [1.29, 1.82) is 5.41 Å². The second kappa shape index (κ2) is 5.11. The molecule has 6 nitrogen and oxygen atoms in total. The van der Waals surface area contributed by atoms with E-state index in [2.05, 4.69) is 9.98 Å². The van der Waals surface area contributed by atoms with Gasteiger partial charge in [0.1, 0.15) is 0 Å². The quantitative estimate of drug-likeness (QED) is 0.454. The molecule has 0 amide bonds. The van der Waals surface area contributed by atoms with E-state index in [4.69, 9.17) is 21.0 Å². The summed E-state index contributed by atoms with van der Waals surface area (Å²) in [4.78, 5) is 6.77. The fourth-order valence-electron chi connectivity index (χ4n) is 1.95. The van der Waals surface area contributed by atoms with Gasteiger partial charge in [0.15, 0.2) is 5.84 Å². The molecule has 0 aliphatic carbocycles. The zero-order valence-corrected chi connectivity index (χ0v) is 9.39. The smallest absolute Gasteiger partial charge is 0.169 e. The minimum Gasteiger partial charge on any atom is -0.394 e. The van der Waals surface area contributed by atoms with Crippen molar-refractivity contribution in [3.63, 3.8) is 0 Å². The van der Waals surface area contributed by atoms with E-state index in [1.165, 1.54) is 0 Å². The molecule has 2 rings (SSSR count). The van der Waals surface area contributed by atoms with E-state index in [0.717, 1.165) is 24.9 Å². The molecule has 2 heterocycles. The molecule has 1 aliphatic heterocycles. The molecule has 6 heteroatoms. The third kappa shape index (κ3) is 2.54. The summed E-state index contributed by atoms with van der Waals surface area (Å²) in [5.41, 5.74) is 6.65. The number of ether oxygens (including phenoxy) is 1. The highest BCUT2D eigenvalue weighted by molar-refractivity contribution is 5.99. The van der Waals surface area contributed by atoms with Crippen molar-refractivity contribution in [1.82, 2.24) is 4.98 Å². The Labute approximate surface area is 99.0 Å². The maximum atomic E-state index is 8.99. The Balaban J connectivity index is 2.06. The third-order valence-electron chi connectivity index (χ3n) is 2.83. The molecule has 92 valence electrons. The summed E-state index contributed by atoms with van der Waals surface area (Å²) in [5, 5.41) is 16.6. The Morgan fingerprint density at radius 3 is 3.12 bits per heavy atom. The molecule has 1 aromatic heterocycles. The van der Waals surface area contributed by atoms with Crippen LogP contribution in [-0.4, -0.2) is 35.0 Å². The largest absolute Gasteiger partial charge is 0.394 e. The van der Waals surface area contributed by atoms with E-state index in [9.17, 15) is 0 Å². The van der Waals surface area contributed by atoms with Gasteiger partial charge in [-0.3, -0.25) is 5.41 Å². The maximum Gasteiger partial charge on any atom is 0.169 e. The molecule has 1 aromatic rings. The first-order valence-corrected chi connectivity index (χ1v) is 5.53. The standard InChI is InChI=1S/C11H16N4O2/c12-6-14-11(13)9-3-2-8(15-9)10-4-1-7(5-16)17-10/h2-3,6-7,10,15-16H,1,4-5H2,(H3,12,13,14)/t7-,10?/m0/s1. The van der Waals surface area contributed by atoms with Gasteiger partial charge in [-0.2, -0.15) is 0 Å². The van der Waals surface area contributed by atoms with Crippen LogP contribution >= 0.6 is 0 Å². The van der Waals surface area contributed by atoms with Crippen LogP contribution in [0.4, 0.5) is 0 Å². The Morgan fingerprint density at radius 1 is 1.65 bits per heavy atom. The average molecular weight is 236 g/mol. The number of hydrogen-bond acceptors (Lipinski definition) is 3. The number of aliphatic hydroxyl groups excluding tert-OH is 1. The highest BCUT2D eigenvalue weighted by Gasteiger charge is 2.26. The molecule has 1 aliphatic rings. The fraction of sp³-hybridized carbons (Fsp3) is 0.455. The second-order valence-corrected chi connectivity index (χ2v) is 3.96. The average Bonchev–Trinajstić information content (AvgIpc) is 2.98. The van der Waals surface area contributed by atoms with Gasteiger partial charge in [0.25, 0.3) is 0 Å². The Bertz CT molecular complexity index is 427. The molecule has 0 saturated carbocycles. The van der Waals surface area contributed by atoms with Crippen LogP contribution in [0.15, 0.2) is 17.1 Å². The Kier molecular flexibility index (Phi) is 3.55. The molecule has 0 aromatic carbocycles. The molecule has 0 radical (unpaired) electrons. The van der Waals surface area contributed by atoms with Crippen LogP contribution in [0.25, 0.3) is 0 Å². The van der Waals surface area contributed by atoms with Crippen LogP contribution in [0.2, 0.25) is 0 Å². The summed E-state index contributed by atoms with van der Waals surface area (Å²) < 4.78 is 5.63. The van der Waals surface area contributed by atoms with E-state index < -0.39 is 0 Å².